The number of rotatable bonds is 8. The Balaban J connectivity index is 1.86. The van der Waals surface area contributed by atoms with Gasteiger partial charge in [0.1, 0.15) is 11.6 Å². The van der Waals surface area contributed by atoms with Crippen molar-refractivity contribution >= 4 is 39.4 Å². The Morgan fingerprint density at radius 3 is 2.63 bits per heavy atom. The number of aryl methyl sites for hydroxylation is 2. The lowest BCUT2D eigenvalue weighted by molar-refractivity contribution is -0.155. The molecule has 1 unspecified atom stereocenters. The smallest absolute Gasteiger partial charge is 0.312 e. The zero-order chi connectivity index (χ0) is 25.7. The quantitative estimate of drug-likeness (QED) is 0.304. The van der Waals surface area contributed by atoms with Crippen molar-refractivity contribution in [3.8, 4) is 0 Å². The van der Waals surface area contributed by atoms with Gasteiger partial charge >= 0.3 is 5.97 Å². The van der Waals surface area contributed by atoms with Crippen LogP contribution in [0.25, 0.3) is 0 Å². The van der Waals surface area contributed by atoms with Crippen molar-refractivity contribution in [3.63, 3.8) is 0 Å². The highest BCUT2D eigenvalue weighted by atomic mass is 79.9. The molecule has 35 heavy (non-hydrogen) atoms. The van der Waals surface area contributed by atoms with Crippen LogP contribution in [0.4, 0.5) is 5.69 Å². The molecule has 1 aromatic rings. The van der Waals surface area contributed by atoms with Gasteiger partial charge in [0.05, 0.1) is 37.2 Å². The zero-order valence-corrected chi connectivity index (χ0v) is 22.2. The molecule has 2 bridgehead atoms. The number of para-hydroxylation sites is 1. The van der Waals surface area contributed by atoms with Gasteiger partial charge in [-0.25, -0.2) is 0 Å². The number of nitrogens with zero attached hydrogens (tertiary/aromatic N) is 2. The molecule has 190 valence electrons. The van der Waals surface area contributed by atoms with E-state index >= 15 is 0 Å². The van der Waals surface area contributed by atoms with Gasteiger partial charge < -0.3 is 24.4 Å². The third-order valence-corrected chi connectivity index (χ3v) is 8.39. The summed E-state index contributed by atoms with van der Waals surface area (Å²) in [7, 11) is 0. The Bertz CT molecular complexity index is 1030. The SMILES string of the molecule is C=CCN(C(=O)[C@H]1N([C@H](C)CO)C(=O)[C@@H]2[C@@H](C(=O)OCC)[C@@H]3O[C@@]21CC3Br)c1c(C)cccc1C. The number of likely N-dealkylation sites (tertiary alicyclic amines) is 1. The molecule has 3 heterocycles. The number of hydrogen-bond acceptors (Lipinski definition) is 6. The molecule has 3 aliphatic heterocycles. The average Bonchev–Trinajstić information content (AvgIpc) is 3.41. The molecule has 7 atom stereocenters. The number of ether oxygens (including phenoxy) is 2. The number of anilines is 1. The van der Waals surface area contributed by atoms with E-state index in [9.17, 15) is 19.5 Å². The Kier molecular flexibility index (Phi) is 7.14. The van der Waals surface area contributed by atoms with Crippen molar-refractivity contribution in [2.24, 2.45) is 11.8 Å². The van der Waals surface area contributed by atoms with Crippen LogP contribution < -0.4 is 4.90 Å². The highest BCUT2D eigenvalue weighted by Gasteiger charge is 2.77. The van der Waals surface area contributed by atoms with Gasteiger partial charge in [0.2, 0.25) is 5.91 Å². The Labute approximate surface area is 214 Å². The number of halogens is 1. The van der Waals surface area contributed by atoms with Crippen molar-refractivity contribution in [1.82, 2.24) is 4.90 Å². The fourth-order valence-electron chi connectivity index (χ4n) is 6.22. The van der Waals surface area contributed by atoms with Crippen LogP contribution in [0.2, 0.25) is 0 Å². The van der Waals surface area contributed by atoms with Crippen LogP contribution >= 0.6 is 15.9 Å². The Morgan fingerprint density at radius 1 is 1.40 bits per heavy atom. The van der Waals surface area contributed by atoms with E-state index in [-0.39, 0.29) is 36.4 Å². The number of benzene rings is 1. The lowest BCUT2D eigenvalue weighted by Crippen LogP contribution is -2.59. The predicted molar refractivity (Wildman–Crippen MR) is 134 cm³/mol. The number of fused-ring (bicyclic) bond motifs is 1. The number of aliphatic hydroxyl groups is 1. The highest BCUT2D eigenvalue weighted by Crippen LogP contribution is 2.60. The molecule has 9 heteroatoms. The fraction of sp³-hybridized carbons (Fsp3) is 0.577. The molecule has 3 fully saturated rings. The third-order valence-electron chi connectivity index (χ3n) is 7.55. The van der Waals surface area contributed by atoms with Crippen molar-refractivity contribution in [2.75, 3.05) is 24.7 Å². The zero-order valence-electron chi connectivity index (χ0n) is 20.6. The van der Waals surface area contributed by atoms with Gasteiger partial charge in [-0.2, -0.15) is 0 Å². The summed E-state index contributed by atoms with van der Waals surface area (Å²) in [6.45, 7) is 11.2. The first-order valence-corrected chi connectivity index (χ1v) is 13.0. The number of carbonyl (C=O) groups is 3. The van der Waals surface area contributed by atoms with E-state index in [2.05, 4.69) is 22.5 Å². The molecule has 2 amide bonds. The van der Waals surface area contributed by atoms with Gasteiger partial charge in [-0.15, -0.1) is 6.58 Å². The summed E-state index contributed by atoms with van der Waals surface area (Å²) in [5.41, 5.74) is 1.38. The predicted octanol–water partition coefficient (Wildman–Crippen LogP) is 2.51. The van der Waals surface area contributed by atoms with Crippen molar-refractivity contribution in [3.05, 3.63) is 42.0 Å². The molecule has 1 N–H and O–H groups in total. The van der Waals surface area contributed by atoms with Crippen molar-refractivity contribution in [1.29, 1.82) is 0 Å². The maximum Gasteiger partial charge on any atom is 0.312 e. The summed E-state index contributed by atoms with van der Waals surface area (Å²) in [4.78, 5) is 44.2. The maximum atomic E-state index is 14.4. The molecular weight excluding hydrogens is 516 g/mol. The summed E-state index contributed by atoms with van der Waals surface area (Å²) < 4.78 is 11.8. The van der Waals surface area contributed by atoms with Crippen LogP contribution in [0.5, 0.6) is 0 Å². The number of hydrogen-bond donors (Lipinski definition) is 1. The molecule has 1 aromatic carbocycles. The second kappa shape index (κ2) is 9.67. The number of carbonyl (C=O) groups excluding carboxylic acids is 3. The van der Waals surface area contributed by atoms with Gasteiger partial charge in [0.15, 0.2) is 0 Å². The molecule has 3 saturated heterocycles. The van der Waals surface area contributed by atoms with E-state index in [1.165, 1.54) is 4.90 Å². The maximum absolute atomic E-state index is 14.4. The first kappa shape index (κ1) is 25.9. The first-order valence-electron chi connectivity index (χ1n) is 12.0. The number of esters is 1. The Morgan fingerprint density at radius 2 is 2.06 bits per heavy atom. The summed E-state index contributed by atoms with van der Waals surface area (Å²) in [5, 5.41) is 10.0. The minimum absolute atomic E-state index is 0.182. The lowest BCUT2D eigenvalue weighted by atomic mass is 9.70. The van der Waals surface area contributed by atoms with Crippen LogP contribution in [0.1, 0.15) is 31.4 Å². The summed E-state index contributed by atoms with van der Waals surface area (Å²) in [5.74, 6) is -2.84. The monoisotopic (exact) mass is 548 g/mol. The minimum Gasteiger partial charge on any atom is -0.466 e. The van der Waals surface area contributed by atoms with Crippen LogP contribution in [0.3, 0.4) is 0 Å². The summed E-state index contributed by atoms with van der Waals surface area (Å²) in [6.07, 6.45) is 1.47. The van der Waals surface area contributed by atoms with E-state index in [0.29, 0.717) is 6.42 Å². The minimum atomic E-state index is -1.20. The number of aliphatic hydroxyl groups excluding tert-OH is 1. The van der Waals surface area contributed by atoms with Gasteiger partial charge in [-0.1, -0.05) is 40.2 Å². The third kappa shape index (κ3) is 3.83. The summed E-state index contributed by atoms with van der Waals surface area (Å²) >= 11 is 3.64. The van der Waals surface area contributed by atoms with E-state index in [0.717, 1.165) is 16.8 Å². The molecule has 0 saturated carbocycles. The molecule has 1 spiro atoms. The molecule has 0 aliphatic carbocycles. The highest BCUT2D eigenvalue weighted by molar-refractivity contribution is 9.09. The van der Waals surface area contributed by atoms with Crippen molar-refractivity contribution < 1.29 is 29.0 Å². The molecule has 4 rings (SSSR count). The van der Waals surface area contributed by atoms with Crippen LogP contribution in [-0.4, -0.2) is 76.2 Å². The van der Waals surface area contributed by atoms with Gasteiger partial charge in [-0.05, 0) is 45.2 Å². The molecule has 0 radical (unpaired) electrons. The molecular formula is C26H33BrN2O6. The molecule has 0 aromatic heterocycles. The second-order valence-corrected chi connectivity index (χ2v) is 10.8. The fourth-order valence-corrected chi connectivity index (χ4v) is 7.16. The van der Waals surface area contributed by atoms with Crippen LogP contribution in [0.15, 0.2) is 30.9 Å². The largest absolute Gasteiger partial charge is 0.466 e. The van der Waals surface area contributed by atoms with Gasteiger partial charge in [-0.3, -0.25) is 14.4 Å². The van der Waals surface area contributed by atoms with Crippen LogP contribution in [-0.2, 0) is 23.9 Å². The van der Waals surface area contributed by atoms with Crippen molar-refractivity contribution in [2.45, 2.75) is 62.7 Å². The standard InChI is InChI=1S/C26H33BrN2O6/c1-6-11-28(20-14(3)9-8-10-15(20)4)24(32)22-26-12-17(27)21(35-26)18(25(33)34-7-2)19(26)23(31)29(22)16(5)13-30/h6,8-10,16-19,21-22,30H,1,7,11-13H2,2-5H3/t16-,17?,18-,19+,21-,22-,26+/m1/s1. The van der Waals surface area contributed by atoms with E-state index in [1.807, 2.05) is 32.0 Å². The molecule has 8 nitrogen and oxygen atoms in total. The topological polar surface area (TPSA) is 96.4 Å². The van der Waals surface area contributed by atoms with E-state index in [1.54, 1.807) is 24.8 Å². The summed E-state index contributed by atoms with van der Waals surface area (Å²) in [6, 6.07) is 4.15. The first-order chi connectivity index (χ1) is 16.6. The second-order valence-electron chi connectivity index (χ2n) is 9.67. The number of amides is 2. The molecule has 3 aliphatic rings. The van der Waals surface area contributed by atoms with Gasteiger partial charge in [0.25, 0.3) is 5.91 Å². The normalized spacial score (nSPS) is 31.9. The van der Waals surface area contributed by atoms with Crippen LogP contribution in [0, 0.1) is 25.7 Å². The Hall–Kier alpha value is -2.23. The number of alkyl halides is 1. The average molecular weight is 549 g/mol. The van der Waals surface area contributed by atoms with Gasteiger partial charge in [0, 0.05) is 17.1 Å². The van der Waals surface area contributed by atoms with E-state index in [4.69, 9.17) is 9.47 Å². The van der Waals surface area contributed by atoms with E-state index < -0.39 is 41.6 Å². The lowest BCUT2D eigenvalue weighted by Gasteiger charge is -2.39.